The third-order valence-electron chi connectivity index (χ3n) is 5.07. The molecule has 1 heterocycles. The van der Waals surface area contributed by atoms with E-state index in [-0.39, 0.29) is 36.7 Å². The average molecular weight is 447 g/mol. The molecule has 1 atom stereocenters. The van der Waals surface area contributed by atoms with Crippen molar-refractivity contribution in [2.45, 2.75) is 59.7 Å². The fourth-order valence-electron chi connectivity index (χ4n) is 3.64. The molecule has 2 rings (SSSR count). The van der Waals surface area contributed by atoms with Crippen LogP contribution in [0.1, 0.15) is 51.9 Å². The van der Waals surface area contributed by atoms with E-state index in [0.29, 0.717) is 31.9 Å². The van der Waals surface area contributed by atoms with E-state index in [1.165, 1.54) is 12.1 Å². The summed E-state index contributed by atoms with van der Waals surface area (Å²) in [5.74, 6) is 0.187. The Labute approximate surface area is 190 Å². The first-order valence-electron chi connectivity index (χ1n) is 11.3. The van der Waals surface area contributed by atoms with Crippen LogP contribution < -0.4 is 0 Å². The third-order valence-corrected chi connectivity index (χ3v) is 5.07. The molecule has 0 aliphatic rings. The molecule has 0 radical (unpaired) electrons. The lowest BCUT2D eigenvalue weighted by atomic mass is 10.1. The summed E-state index contributed by atoms with van der Waals surface area (Å²) < 4.78 is 24.1. The van der Waals surface area contributed by atoms with Crippen molar-refractivity contribution in [1.82, 2.24) is 9.80 Å². The summed E-state index contributed by atoms with van der Waals surface area (Å²) in [5.41, 5.74) is 0.817. The molecule has 7 heteroatoms. The van der Waals surface area contributed by atoms with Gasteiger partial charge in [-0.2, -0.15) is 0 Å². The standard InChI is InChI=1S/C25H35FN2O4/c1-5-8-23(25(30)31-6-2)27(15-19(3)4)18-24(29)28(17-22-9-7-14-32-22)16-20-10-12-21(26)13-11-20/h7,9-14,19,23H,5-6,8,15-18H2,1-4H3/t23-/m0/s1. The summed E-state index contributed by atoms with van der Waals surface area (Å²) in [6.07, 6.45) is 2.99. The van der Waals surface area contributed by atoms with E-state index in [2.05, 4.69) is 13.8 Å². The van der Waals surface area contributed by atoms with Gasteiger partial charge in [-0.25, -0.2) is 4.39 Å². The number of benzene rings is 1. The van der Waals surface area contributed by atoms with Crippen molar-refractivity contribution in [3.8, 4) is 0 Å². The lowest BCUT2D eigenvalue weighted by molar-refractivity contribution is -0.151. The highest BCUT2D eigenvalue weighted by molar-refractivity contribution is 5.80. The molecule has 0 bridgehead atoms. The van der Waals surface area contributed by atoms with Gasteiger partial charge in [0.1, 0.15) is 17.6 Å². The summed E-state index contributed by atoms with van der Waals surface area (Å²) in [6, 6.07) is 9.23. The highest BCUT2D eigenvalue weighted by Gasteiger charge is 2.30. The average Bonchev–Trinajstić information content (AvgIpc) is 3.25. The Morgan fingerprint density at radius 3 is 2.38 bits per heavy atom. The molecule has 0 spiro atoms. The van der Waals surface area contributed by atoms with Gasteiger partial charge < -0.3 is 14.1 Å². The van der Waals surface area contributed by atoms with E-state index in [4.69, 9.17) is 9.15 Å². The molecule has 0 fully saturated rings. The molecule has 32 heavy (non-hydrogen) atoms. The van der Waals surface area contributed by atoms with Crippen molar-refractivity contribution in [3.63, 3.8) is 0 Å². The van der Waals surface area contributed by atoms with Gasteiger partial charge in [-0.15, -0.1) is 0 Å². The number of ether oxygens (including phenoxy) is 1. The van der Waals surface area contributed by atoms with Crippen LogP contribution in [0.15, 0.2) is 47.1 Å². The number of furan rings is 1. The van der Waals surface area contributed by atoms with E-state index in [9.17, 15) is 14.0 Å². The van der Waals surface area contributed by atoms with E-state index >= 15 is 0 Å². The maximum absolute atomic E-state index is 13.4. The van der Waals surface area contributed by atoms with Crippen LogP contribution in [0.2, 0.25) is 0 Å². The zero-order valence-electron chi connectivity index (χ0n) is 19.6. The van der Waals surface area contributed by atoms with Crippen molar-refractivity contribution >= 4 is 11.9 Å². The van der Waals surface area contributed by atoms with Gasteiger partial charge in [0.15, 0.2) is 0 Å². The lowest BCUT2D eigenvalue weighted by Gasteiger charge is -2.33. The molecule has 0 aliphatic heterocycles. The van der Waals surface area contributed by atoms with E-state index < -0.39 is 6.04 Å². The maximum atomic E-state index is 13.4. The fraction of sp³-hybridized carbons (Fsp3) is 0.520. The van der Waals surface area contributed by atoms with Gasteiger partial charge in [-0.05, 0) is 49.1 Å². The molecule has 0 unspecified atom stereocenters. The van der Waals surface area contributed by atoms with Gasteiger partial charge in [-0.3, -0.25) is 14.5 Å². The minimum Gasteiger partial charge on any atom is -0.467 e. The number of amides is 1. The maximum Gasteiger partial charge on any atom is 0.323 e. The number of hydrogen-bond donors (Lipinski definition) is 0. The van der Waals surface area contributed by atoms with Crippen molar-refractivity contribution in [3.05, 3.63) is 59.8 Å². The predicted molar refractivity (Wildman–Crippen MR) is 121 cm³/mol. The van der Waals surface area contributed by atoms with Gasteiger partial charge in [0, 0.05) is 13.1 Å². The van der Waals surface area contributed by atoms with Crippen LogP contribution in [-0.2, 0) is 27.4 Å². The van der Waals surface area contributed by atoms with Crippen LogP contribution in [0.3, 0.4) is 0 Å². The van der Waals surface area contributed by atoms with Crippen LogP contribution in [0.4, 0.5) is 4.39 Å². The van der Waals surface area contributed by atoms with Crippen LogP contribution in [-0.4, -0.2) is 47.4 Å². The summed E-state index contributed by atoms with van der Waals surface area (Å²) in [4.78, 5) is 29.7. The van der Waals surface area contributed by atoms with Crippen molar-refractivity contribution in [2.75, 3.05) is 19.7 Å². The van der Waals surface area contributed by atoms with Crippen LogP contribution >= 0.6 is 0 Å². The first-order chi connectivity index (χ1) is 15.3. The number of nitrogens with zero attached hydrogens (tertiary/aromatic N) is 2. The zero-order chi connectivity index (χ0) is 23.5. The monoisotopic (exact) mass is 446 g/mol. The largest absolute Gasteiger partial charge is 0.467 e. The summed E-state index contributed by atoms with van der Waals surface area (Å²) >= 11 is 0. The van der Waals surface area contributed by atoms with Gasteiger partial charge in [-0.1, -0.05) is 39.3 Å². The van der Waals surface area contributed by atoms with Crippen LogP contribution in [0, 0.1) is 11.7 Å². The summed E-state index contributed by atoms with van der Waals surface area (Å²) in [6.45, 7) is 9.51. The molecule has 0 N–H and O–H groups in total. The Morgan fingerprint density at radius 2 is 1.81 bits per heavy atom. The van der Waals surface area contributed by atoms with Gasteiger partial charge in [0.05, 0.1) is 26.0 Å². The molecule has 0 saturated carbocycles. The molecule has 0 saturated heterocycles. The molecule has 6 nitrogen and oxygen atoms in total. The number of carbonyl (C=O) groups excluding carboxylic acids is 2. The topological polar surface area (TPSA) is 63.0 Å². The zero-order valence-corrected chi connectivity index (χ0v) is 19.6. The highest BCUT2D eigenvalue weighted by Crippen LogP contribution is 2.16. The first kappa shape index (κ1) is 25.6. The second-order valence-corrected chi connectivity index (χ2v) is 8.34. The predicted octanol–water partition coefficient (Wildman–Crippen LogP) is 4.64. The Balaban J connectivity index is 2.24. The minimum atomic E-state index is -0.470. The van der Waals surface area contributed by atoms with E-state index in [1.807, 2.05) is 17.9 Å². The molecular formula is C25H35FN2O4. The second kappa shape index (κ2) is 13.0. The molecule has 0 aliphatic carbocycles. The van der Waals surface area contributed by atoms with E-state index in [1.54, 1.807) is 36.3 Å². The summed E-state index contributed by atoms with van der Waals surface area (Å²) in [7, 11) is 0. The molecule has 176 valence electrons. The smallest absolute Gasteiger partial charge is 0.323 e. The van der Waals surface area contributed by atoms with Crippen LogP contribution in [0.25, 0.3) is 0 Å². The molecule has 1 aromatic heterocycles. The number of esters is 1. The molecule has 1 aromatic carbocycles. The Kier molecular flexibility index (Phi) is 10.4. The van der Waals surface area contributed by atoms with Gasteiger partial charge in [0.25, 0.3) is 0 Å². The normalized spacial score (nSPS) is 12.2. The Bertz CT molecular complexity index is 821. The van der Waals surface area contributed by atoms with Crippen molar-refractivity contribution in [1.29, 1.82) is 0 Å². The fourth-order valence-corrected chi connectivity index (χ4v) is 3.64. The lowest BCUT2D eigenvalue weighted by Crippen LogP contribution is -2.49. The third kappa shape index (κ3) is 8.11. The first-order valence-corrected chi connectivity index (χ1v) is 11.3. The number of rotatable bonds is 13. The quantitative estimate of drug-likeness (QED) is 0.420. The Morgan fingerprint density at radius 1 is 1.09 bits per heavy atom. The van der Waals surface area contributed by atoms with Gasteiger partial charge in [0.2, 0.25) is 5.91 Å². The molecule has 1 amide bonds. The second-order valence-electron chi connectivity index (χ2n) is 8.34. The number of halogens is 1. The Hall–Kier alpha value is -2.67. The van der Waals surface area contributed by atoms with Crippen molar-refractivity contribution in [2.24, 2.45) is 5.92 Å². The molecule has 2 aromatic rings. The highest BCUT2D eigenvalue weighted by atomic mass is 19.1. The minimum absolute atomic E-state index is 0.0869. The SMILES string of the molecule is CCC[C@@H](C(=O)OCC)N(CC(=O)N(Cc1ccc(F)cc1)Cc1ccco1)CC(C)C. The molecular weight excluding hydrogens is 411 g/mol. The number of hydrogen-bond acceptors (Lipinski definition) is 5. The van der Waals surface area contributed by atoms with Crippen molar-refractivity contribution < 1.29 is 23.1 Å². The van der Waals surface area contributed by atoms with Crippen LogP contribution in [0.5, 0.6) is 0 Å². The number of carbonyl (C=O) groups is 2. The summed E-state index contributed by atoms with van der Waals surface area (Å²) in [5, 5.41) is 0. The van der Waals surface area contributed by atoms with E-state index in [0.717, 1.165) is 12.0 Å². The van der Waals surface area contributed by atoms with Gasteiger partial charge >= 0.3 is 5.97 Å².